The van der Waals surface area contributed by atoms with Gasteiger partial charge in [-0.05, 0) is 58.3 Å². The largest absolute Gasteiger partial charge is 0.466 e. The van der Waals surface area contributed by atoms with Crippen molar-refractivity contribution < 1.29 is 19.1 Å². The molecule has 2 rings (SSSR count). The number of carbonyl (C=O) groups is 2. The molecule has 1 amide bonds. The molecule has 23 heavy (non-hydrogen) atoms. The van der Waals surface area contributed by atoms with E-state index in [0.717, 1.165) is 12.8 Å². The summed E-state index contributed by atoms with van der Waals surface area (Å²) in [7, 11) is 0. The van der Waals surface area contributed by atoms with Crippen LogP contribution in [0.5, 0.6) is 0 Å². The van der Waals surface area contributed by atoms with Gasteiger partial charge in [-0.15, -0.1) is 0 Å². The van der Waals surface area contributed by atoms with Gasteiger partial charge in [-0.25, -0.2) is 4.79 Å². The second kappa shape index (κ2) is 6.70. The monoisotopic (exact) mass is 325 g/mol. The van der Waals surface area contributed by atoms with Crippen LogP contribution in [0.4, 0.5) is 4.79 Å². The van der Waals surface area contributed by atoms with Crippen LogP contribution >= 0.6 is 0 Å². The first-order valence-corrected chi connectivity index (χ1v) is 8.82. The third-order valence-corrected chi connectivity index (χ3v) is 4.62. The number of carbonyl (C=O) groups excluding carboxylic acids is 2. The molecule has 0 aromatic carbocycles. The van der Waals surface area contributed by atoms with E-state index in [1.165, 1.54) is 0 Å². The van der Waals surface area contributed by atoms with E-state index in [-0.39, 0.29) is 29.9 Å². The Kier molecular flexibility index (Phi) is 5.27. The number of amides is 1. The number of nitrogens with zero attached hydrogens (tertiary/aromatic N) is 1. The van der Waals surface area contributed by atoms with Gasteiger partial charge < -0.3 is 14.4 Å². The van der Waals surface area contributed by atoms with Crippen molar-refractivity contribution in [3.8, 4) is 0 Å². The van der Waals surface area contributed by atoms with Gasteiger partial charge in [0.05, 0.1) is 12.5 Å². The van der Waals surface area contributed by atoms with Crippen molar-refractivity contribution in [2.24, 2.45) is 23.7 Å². The van der Waals surface area contributed by atoms with Crippen molar-refractivity contribution in [1.29, 1.82) is 0 Å². The van der Waals surface area contributed by atoms with Crippen LogP contribution in [0.15, 0.2) is 0 Å². The van der Waals surface area contributed by atoms with Crippen LogP contribution < -0.4 is 0 Å². The molecule has 0 N–H and O–H groups in total. The lowest BCUT2D eigenvalue weighted by molar-refractivity contribution is -0.145. The van der Waals surface area contributed by atoms with E-state index in [1.54, 1.807) is 0 Å². The first-order chi connectivity index (χ1) is 10.7. The van der Waals surface area contributed by atoms with E-state index in [9.17, 15) is 9.59 Å². The molecule has 2 saturated carbocycles. The maximum atomic E-state index is 12.6. The summed E-state index contributed by atoms with van der Waals surface area (Å²) >= 11 is 0. The van der Waals surface area contributed by atoms with Crippen molar-refractivity contribution in [2.75, 3.05) is 13.2 Å². The summed E-state index contributed by atoms with van der Waals surface area (Å²) in [6.07, 6.45) is 1.69. The van der Waals surface area contributed by atoms with Crippen LogP contribution in [-0.4, -0.2) is 41.8 Å². The van der Waals surface area contributed by atoms with Crippen molar-refractivity contribution in [2.45, 2.75) is 66.0 Å². The molecule has 0 aromatic heterocycles. The molecule has 0 spiro atoms. The zero-order chi connectivity index (χ0) is 17.4. The summed E-state index contributed by atoms with van der Waals surface area (Å²) in [6.45, 7) is 12.8. The molecule has 5 nitrogen and oxygen atoms in total. The lowest BCUT2D eigenvalue weighted by Gasteiger charge is -2.34. The normalized spacial score (nSPS) is 29.2. The quantitative estimate of drug-likeness (QED) is 0.726. The van der Waals surface area contributed by atoms with E-state index < -0.39 is 5.60 Å². The highest BCUT2D eigenvalue weighted by molar-refractivity contribution is 5.77. The predicted molar refractivity (Wildman–Crippen MR) is 87.9 cm³/mol. The van der Waals surface area contributed by atoms with Crippen LogP contribution in [0.3, 0.4) is 0 Å². The van der Waals surface area contributed by atoms with Crippen LogP contribution in [0, 0.1) is 23.7 Å². The Morgan fingerprint density at radius 3 is 2.39 bits per heavy atom. The van der Waals surface area contributed by atoms with E-state index >= 15 is 0 Å². The zero-order valence-electron chi connectivity index (χ0n) is 15.3. The SMILES string of the molecule is CCOC(=O)[C@H]1[C@@H]2CC[C@H](N(CC(C)C)C(=O)OC(C)(C)C)[C@@H]21. The van der Waals surface area contributed by atoms with Gasteiger partial charge in [0, 0.05) is 12.6 Å². The van der Waals surface area contributed by atoms with Crippen molar-refractivity contribution in [3.63, 3.8) is 0 Å². The van der Waals surface area contributed by atoms with Gasteiger partial charge in [0.15, 0.2) is 0 Å². The lowest BCUT2D eigenvalue weighted by Crippen LogP contribution is -2.46. The van der Waals surface area contributed by atoms with E-state index in [1.807, 2.05) is 32.6 Å². The highest BCUT2D eigenvalue weighted by Gasteiger charge is 2.64. The third kappa shape index (κ3) is 4.18. The second-order valence-electron chi connectivity index (χ2n) is 8.19. The zero-order valence-corrected chi connectivity index (χ0v) is 15.3. The molecule has 4 atom stereocenters. The van der Waals surface area contributed by atoms with Crippen molar-refractivity contribution in [3.05, 3.63) is 0 Å². The molecule has 132 valence electrons. The third-order valence-electron chi connectivity index (χ3n) is 4.62. The first-order valence-electron chi connectivity index (χ1n) is 8.82. The first kappa shape index (κ1) is 18.1. The Balaban J connectivity index is 2.08. The summed E-state index contributed by atoms with van der Waals surface area (Å²) in [6, 6.07) is 0.103. The predicted octanol–water partition coefficient (Wildman–Crippen LogP) is 3.47. The van der Waals surface area contributed by atoms with Crippen LogP contribution in [0.25, 0.3) is 0 Å². The van der Waals surface area contributed by atoms with Crippen molar-refractivity contribution >= 4 is 12.1 Å². The molecule has 2 fully saturated rings. The second-order valence-corrected chi connectivity index (χ2v) is 8.19. The van der Waals surface area contributed by atoms with Gasteiger partial charge in [0.2, 0.25) is 0 Å². The maximum absolute atomic E-state index is 12.6. The number of esters is 1. The van der Waals surface area contributed by atoms with E-state index in [2.05, 4.69) is 13.8 Å². The van der Waals surface area contributed by atoms with Crippen LogP contribution in [0.1, 0.15) is 54.4 Å². The van der Waals surface area contributed by atoms with Crippen molar-refractivity contribution in [1.82, 2.24) is 4.90 Å². The Morgan fingerprint density at radius 1 is 1.22 bits per heavy atom. The maximum Gasteiger partial charge on any atom is 0.410 e. The number of hydrogen-bond acceptors (Lipinski definition) is 4. The minimum atomic E-state index is -0.506. The molecule has 2 aliphatic rings. The molecule has 0 aliphatic heterocycles. The highest BCUT2D eigenvalue weighted by atomic mass is 16.6. The molecular weight excluding hydrogens is 294 g/mol. The minimum absolute atomic E-state index is 0.0224. The minimum Gasteiger partial charge on any atom is -0.466 e. The number of ether oxygens (including phenoxy) is 2. The molecule has 2 aliphatic carbocycles. The Labute approximate surface area is 139 Å². The molecule has 0 saturated heterocycles. The standard InChI is InChI=1S/C18H31NO4/c1-7-22-16(20)15-12-8-9-13(14(12)15)19(10-11(2)3)17(21)23-18(4,5)6/h11-15H,7-10H2,1-6H3/t12-,13+,14-,15+/m1/s1. The summed E-state index contributed by atoms with van der Waals surface area (Å²) in [5.41, 5.74) is -0.506. The van der Waals surface area contributed by atoms with Gasteiger partial charge in [-0.2, -0.15) is 0 Å². The topological polar surface area (TPSA) is 55.8 Å². The average molecular weight is 325 g/mol. The fraction of sp³-hybridized carbons (Fsp3) is 0.889. The highest BCUT2D eigenvalue weighted by Crippen LogP contribution is 2.59. The van der Waals surface area contributed by atoms with E-state index in [0.29, 0.717) is 25.0 Å². The van der Waals surface area contributed by atoms with Gasteiger partial charge in [-0.3, -0.25) is 4.79 Å². The van der Waals surface area contributed by atoms with E-state index in [4.69, 9.17) is 9.47 Å². The Morgan fingerprint density at radius 2 is 1.87 bits per heavy atom. The summed E-state index contributed by atoms with van der Waals surface area (Å²) < 4.78 is 10.8. The van der Waals surface area contributed by atoms with Gasteiger partial charge in [-0.1, -0.05) is 13.8 Å². The lowest BCUT2D eigenvalue weighted by atomic mass is 10.0. The number of hydrogen-bond donors (Lipinski definition) is 0. The Hall–Kier alpha value is -1.26. The molecule has 5 heteroatoms. The molecule has 0 aromatic rings. The molecule has 0 radical (unpaired) electrons. The molecular formula is C18H31NO4. The summed E-state index contributed by atoms with van der Waals surface area (Å²) in [5.74, 6) is 0.879. The number of rotatable bonds is 5. The fourth-order valence-corrected chi connectivity index (χ4v) is 3.85. The molecule has 0 bridgehead atoms. The van der Waals surface area contributed by atoms with Crippen LogP contribution in [-0.2, 0) is 14.3 Å². The average Bonchev–Trinajstić information content (AvgIpc) is 2.96. The summed E-state index contributed by atoms with van der Waals surface area (Å²) in [4.78, 5) is 26.5. The fourth-order valence-electron chi connectivity index (χ4n) is 3.85. The van der Waals surface area contributed by atoms with Crippen LogP contribution in [0.2, 0.25) is 0 Å². The smallest absolute Gasteiger partial charge is 0.410 e. The van der Waals surface area contributed by atoms with Gasteiger partial charge in [0.25, 0.3) is 0 Å². The van der Waals surface area contributed by atoms with Gasteiger partial charge in [0.1, 0.15) is 5.60 Å². The van der Waals surface area contributed by atoms with Gasteiger partial charge >= 0.3 is 12.1 Å². The Bertz CT molecular complexity index is 454. The molecule has 0 unspecified atom stereocenters. The number of fused-ring (bicyclic) bond motifs is 1. The summed E-state index contributed by atoms with van der Waals surface area (Å²) in [5, 5.41) is 0. The molecule has 0 heterocycles.